The van der Waals surface area contributed by atoms with Crippen molar-refractivity contribution in [3.8, 4) is 5.69 Å². The molecule has 3 aromatic rings. The highest BCUT2D eigenvalue weighted by molar-refractivity contribution is 5.79. The minimum absolute atomic E-state index is 0.147. The second-order valence-electron chi connectivity index (χ2n) is 6.80. The van der Waals surface area contributed by atoms with Crippen LogP contribution in [0.15, 0.2) is 28.7 Å². The SMILES string of the molecule is Cc1nn(-c2ccc(F)cc2)c(C)c1CC(=O)NCc1nnc(C2CC2)o1. The molecule has 8 heteroatoms. The average molecular weight is 369 g/mol. The average Bonchev–Trinajstić information content (AvgIpc) is 3.34. The van der Waals surface area contributed by atoms with E-state index in [1.807, 2.05) is 13.8 Å². The van der Waals surface area contributed by atoms with Crippen molar-refractivity contribution in [1.29, 1.82) is 0 Å². The summed E-state index contributed by atoms with van der Waals surface area (Å²) in [4.78, 5) is 12.3. The molecule has 1 amide bonds. The van der Waals surface area contributed by atoms with Gasteiger partial charge in [0.2, 0.25) is 17.7 Å². The maximum absolute atomic E-state index is 13.1. The predicted molar refractivity (Wildman–Crippen MR) is 94.8 cm³/mol. The monoisotopic (exact) mass is 369 g/mol. The molecule has 2 aromatic heterocycles. The van der Waals surface area contributed by atoms with Crippen LogP contribution in [0.1, 0.15) is 47.5 Å². The lowest BCUT2D eigenvalue weighted by atomic mass is 10.1. The number of nitrogens with one attached hydrogen (secondary N) is 1. The molecule has 0 radical (unpaired) electrons. The maximum atomic E-state index is 13.1. The third kappa shape index (κ3) is 3.74. The number of aryl methyl sites for hydroxylation is 1. The first-order chi connectivity index (χ1) is 13.0. The van der Waals surface area contributed by atoms with Crippen molar-refractivity contribution < 1.29 is 13.6 Å². The summed E-state index contributed by atoms with van der Waals surface area (Å²) in [6.07, 6.45) is 2.37. The number of hydrogen-bond donors (Lipinski definition) is 1. The van der Waals surface area contributed by atoms with Crippen molar-refractivity contribution >= 4 is 5.91 Å². The zero-order chi connectivity index (χ0) is 19.0. The van der Waals surface area contributed by atoms with Crippen LogP contribution in [0, 0.1) is 19.7 Å². The first-order valence-corrected chi connectivity index (χ1v) is 8.91. The van der Waals surface area contributed by atoms with Gasteiger partial charge in [-0.25, -0.2) is 9.07 Å². The Kier molecular flexibility index (Phi) is 4.47. The van der Waals surface area contributed by atoms with Gasteiger partial charge in [-0.2, -0.15) is 5.10 Å². The highest BCUT2D eigenvalue weighted by Crippen LogP contribution is 2.38. The molecule has 0 atom stereocenters. The van der Waals surface area contributed by atoms with E-state index < -0.39 is 0 Å². The van der Waals surface area contributed by atoms with E-state index >= 15 is 0 Å². The van der Waals surface area contributed by atoms with E-state index in [4.69, 9.17) is 4.42 Å². The molecule has 1 aromatic carbocycles. The van der Waals surface area contributed by atoms with Gasteiger partial charge < -0.3 is 9.73 Å². The summed E-state index contributed by atoms with van der Waals surface area (Å²) >= 11 is 0. The summed E-state index contributed by atoms with van der Waals surface area (Å²) in [7, 11) is 0. The zero-order valence-corrected chi connectivity index (χ0v) is 15.2. The van der Waals surface area contributed by atoms with Crippen LogP contribution in [0.3, 0.4) is 0 Å². The number of amides is 1. The van der Waals surface area contributed by atoms with Crippen LogP contribution >= 0.6 is 0 Å². The highest BCUT2D eigenvalue weighted by atomic mass is 19.1. The number of carbonyl (C=O) groups is 1. The van der Waals surface area contributed by atoms with Crippen molar-refractivity contribution in [3.63, 3.8) is 0 Å². The van der Waals surface area contributed by atoms with Gasteiger partial charge in [-0.15, -0.1) is 10.2 Å². The third-order valence-electron chi connectivity index (χ3n) is 4.70. The minimum atomic E-state index is -0.300. The number of carbonyl (C=O) groups excluding carboxylic acids is 1. The number of halogens is 1. The molecule has 1 fully saturated rings. The molecule has 1 saturated carbocycles. The van der Waals surface area contributed by atoms with Gasteiger partial charge in [0.1, 0.15) is 5.82 Å². The lowest BCUT2D eigenvalue weighted by Crippen LogP contribution is -2.25. The molecule has 2 heterocycles. The van der Waals surface area contributed by atoms with Crippen molar-refractivity contribution in [2.24, 2.45) is 0 Å². The molecule has 0 spiro atoms. The van der Waals surface area contributed by atoms with Crippen LogP contribution in [0.2, 0.25) is 0 Å². The largest absolute Gasteiger partial charge is 0.423 e. The Bertz CT molecular complexity index is 973. The number of nitrogens with zero attached hydrogens (tertiary/aromatic N) is 4. The molecule has 0 bridgehead atoms. The quantitative estimate of drug-likeness (QED) is 0.722. The fraction of sp³-hybridized carbons (Fsp3) is 0.368. The van der Waals surface area contributed by atoms with Gasteiger partial charge in [0.25, 0.3) is 0 Å². The summed E-state index contributed by atoms with van der Waals surface area (Å²) in [5.74, 6) is 1.02. The molecule has 0 saturated heterocycles. The van der Waals surface area contributed by atoms with E-state index in [9.17, 15) is 9.18 Å². The molecule has 1 aliphatic rings. The smallest absolute Gasteiger partial charge is 0.235 e. The van der Waals surface area contributed by atoms with Gasteiger partial charge >= 0.3 is 0 Å². The first kappa shape index (κ1) is 17.4. The standard InChI is InChI=1S/C19H20FN5O2/c1-11-16(12(2)25(24-11)15-7-5-14(20)6-8-15)9-17(26)21-10-18-22-23-19(27-18)13-3-4-13/h5-8,13H,3-4,9-10H2,1-2H3,(H,21,26). The van der Waals surface area contributed by atoms with Crippen LogP contribution in [-0.2, 0) is 17.8 Å². The van der Waals surface area contributed by atoms with Crippen molar-refractivity contribution in [2.75, 3.05) is 0 Å². The number of benzene rings is 1. The van der Waals surface area contributed by atoms with E-state index in [0.717, 1.165) is 35.5 Å². The van der Waals surface area contributed by atoms with Crippen LogP contribution < -0.4 is 5.32 Å². The number of aromatic nitrogens is 4. The van der Waals surface area contributed by atoms with Crippen LogP contribution in [-0.4, -0.2) is 25.9 Å². The fourth-order valence-corrected chi connectivity index (χ4v) is 3.00. The van der Waals surface area contributed by atoms with Gasteiger partial charge in [-0.05, 0) is 51.0 Å². The summed E-state index contributed by atoms with van der Waals surface area (Å²) in [6, 6.07) is 6.09. The zero-order valence-electron chi connectivity index (χ0n) is 15.2. The molecule has 140 valence electrons. The second-order valence-corrected chi connectivity index (χ2v) is 6.80. The van der Waals surface area contributed by atoms with Gasteiger partial charge in [0, 0.05) is 17.2 Å². The lowest BCUT2D eigenvalue weighted by molar-refractivity contribution is -0.120. The number of rotatable bonds is 6. The Balaban J connectivity index is 1.42. The van der Waals surface area contributed by atoms with E-state index in [-0.39, 0.29) is 24.7 Å². The van der Waals surface area contributed by atoms with Crippen LogP contribution in [0.25, 0.3) is 5.69 Å². The Morgan fingerprint density at radius 1 is 1.26 bits per heavy atom. The predicted octanol–water partition coefficient (Wildman–Crippen LogP) is 2.75. The first-order valence-electron chi connectivity index (χ1n) is 8.91. The summed E-state index contributed by atoms with van der Waals surface area (Å²) < 4.78 is 20.4. The lowest BCUT2D eigenvalue weighted by Gasteiger charge is -2.06. The van der Waals surface area contributed by atoms with E-state index in [1.54, 1.807) is 16.8 Å². The summed E-state index contributed by atoms with van der Waals surface area (Å²) in [6.45, 7) is 3.96. The molecular weight excluding hydrogens is 349 g/mol. The Labute approximate surface area is 155 Å². The summed E-state index contributed by atoms with van der Waals surface area (Å²) in [5, 5.41) is 15.3. The molecule has 0 unspecified atom stereocenters. The van der Waals surface area contributed by atoms with Gasteiger partial charge in [0.15, 0.2) is 0 Å². The summed E-state index contributed by atoms with van der Waals surface area (Å²) in [5.41, 5.74) is 3.21. The Morgan fingerprint density at radius 3 is 2.70 bits per heavy atom. The van der Waals surface area contributed by atoms with Crippen molar-refractivity contribution in [3.05, 3.63) is 58.8 Å². The maximum Gasteiger partial charge on any atom is 0.235 e. The Morgan fingerprint density at radius 2 is 2.00 bits per heavy atom. The van der Waals surface area contributed by atoms with Crippen molar-refractivity contribution in [1.82, 2.24) is 25.3 Å². The van der Waals surface area contributed by atoms with Crippen LogP contribution in [0.5, 0.6) is 0 Å². The normalized spacial score (nSPS) is 13.7. The van der Waals surface area contributed by atoms with Crippen molar-refractivity contribution in [2.45, 2.75) is 45.6 Å². The van der Waals surface area contributed by atoms with Crippen LogP contribution in [0.4, 0.5) is 4.39 Å². The van der Waals surface area contributed by atoms with Gasteiger partial charge in [0.05, 0.1) is 24.3 Å². The third-order valence-corrected chi connectivity index (χ3v) is 4.70. The molecule has 4 rings (SSSR count). The Hall–Kier alpha value is -3.03. The number of hydrogen-bond acceptors (Lipinski definition) is 5. The molecule has 27 heavy (non-hydrogen) atoms. The molecule has 0 aliphatic heterocycles. The second kappa shape index (κ2) is 6.94. The molecule has 1 N–H and O–H groups in total. The van der Waals surface area contributed by atoms with E-state index in [2.05, 4.69) is 20.6 Å². The molecule has 1 aliphatic carbocycles. The van der Waals surface area contributed by atoms with E-state index in [0.29, 0.717) is 17.7 Å². The minimum Gasteiger partial charge on any atom is -0.423 e. The van der Waals surface area contributed by atoms with Gasteiger partial charge in [-0.1, -0.05) is 0 Å². The van der Waals surface area contributed by atoms with Gasteiger partial charge in [-0.3, -0.25) is 4.79 Å². The fourth-order valence-electron chi connectivity index (χ4n) is 3.00. The molecular formula is C19H20FN5O2. The van der Waals surface area contributed by atoms with E-state index in [1.165, 1.54) is 12.1 Å². The topological polar surface area (TPSA) is 85.8 Å². The molecule has 7 nitrogen and oxygen atoms in total. The highest BCUT2D eigenvalue weighted by Gasteiger charge is 2.29.